The number of nitrogens with one attached hydrogen (secondary N) is 2. The summed E-state index contributed by atoms with van der Waals surface area (Å²) in [5.41, 5.74) is 1.06. The van der Waals surface area contributed by atoms with Gasteiger partial charge >= 0.3 is 0 Å². The van der Waals surface area contributed by atoms with Crippen molar-refractivity contribution in [3.05, 3.63) is 45.0 Å². The smallest absolute Gasteiger partial charge is 0.135 e. The van der Waals surface area contributed by atoms with E-state index in [4.69, 9.17) is 4.42 Å². The summed E-state index contributed by atoms with van der Waals surface area (Å²) in [6.07, 6.45) is 1.11. The van der Waals surface area contributed by atoms with Gasteiger partial charge in [0.1, 0.15) is 11.5 Å². The lowest BCUT2D eigenvalue weighted by Crippen LogP contribution is -2.19. The molecule has 0 atom stereocenters. The van der Waals surface area contributed by atoms with Gasteiger partial charge in [-0.25, -0.2) is 0 Å². The molecule has 1 aromatic heterocycles. The second-order valence-electron chi connectivity index (χ2n) is 4.52. The highest BCUT2D eigenvalue weighted by atomic mass is 79.9. The molecule has 124 valence electrons. The molecule has 2 aromatic rings. The molecule has 1 heterocycles. The van der Waals surface area contributed by atoms with Gasteiger partial charge in [0, 0.05) is 14.5 Å². The molecule has 0 spiro atoms. The molecule has 0 aliphatic carbocycles. The molecule has 2 N–H and O–H groups in total. The average molecular weight is 475 g/mol. The summed E-state index contributed by atoms with van der Waals surface area (Å²) < 4.78 is 7.94. The topological polar surface area (TPSA) is 37.2 Å². The lowest BCUT2D eigenvalue weighted by molar-refractivity contribution is 0.489. The van der Waals surface area contributed by atoms with Crippen LogP contribution in [0.4, 0.5) is 0 Å². The van der Waals surface area contributed by atoms with Gasteiger partial charge in [-0.3, -0.25) is 0 Å². The van der Waals surface area contributed by atoms with Crippen LogP contribution in [-0.2, 0) is 6.54 Å². The second kappa shape index (κ2) is 11.5. The molecule has 2 rings (SSSR count). The van der Waals surface area contributed by atoms with Crippen LogP contribution in [0.5, 0.6) is 0 Å². The maximum Gasteiger partial charge on any atom is 0.135 e. The molecule has 0 bridgehead atoms. The molecule has 0 saturated carbocycles. The van der Waals surface area contributed by atoms with Crippen molar-refractivity contribution >= 4 is 56.7 Å². The number of furan rings is 1. The fourth-order valence-electron chi connectivity index (χ4n) is 1.91. The van der Waals surface area contributed by atoms with Crippen molar-refractivity contribution < 1.29 is 4.42 Å². The van der Waals surface area contributed by atoms with Crippen LogP contribution in [0.2, 0.25) is 0 Å². The molecule has 3 nitrogen and oxygen atoms in total. The monoisotopic (exact) mass is 472 g/mol. The van der Waals surface area contributed by atoms with E-state index in [1.807, 2.05) is 37.4 Å². The lowest BCUT2D eigenvalue weighted by Gasteiger charge is -2.03. The van der Waals surface area contributed by atoms with Crippen LogP contribution >= 0.6 is 56.7 Å². The molecule has 7 heteroatoms. The molecular formula is C15H20Br2Cl2N2O. The van der Waals surface area contributed by atoms with Gasteiger partial charge in [0.15, 0.2) is 0 Å². The molecule has 22 heavy (non-hydrogen) atoms. The summed E-state index contributed by atoms with van der Waals surface area (Å²) >= 11 is 7.01. The van der Waals surface area contributed by atoms with Gasteiger partial charge in [-0.05, 0) is 72.8 Å². The van der Waals surface area contributed by atoms with E-state index >= 15 is 0 Å². The minimum absolute atomic E-state index is 0. The third-order valence-corrected chi connectivity index (χ3v) is 4.09. The average Bonchev–Trinajstić information content (AvgIpc) is 2.87. The summed E-state index contributed by atoms with van der Waals surface area (Å²) in [4.78, 5) is 0. The van der Waals surface area contributed by atoms with E-state index in [1.54, 1.807) is 0 Å². The number of benzene rings is 1. The Morgan fingerprint density at radius 2 is 1.82 bits per heavy atom. The third kappa shape index (κ3) is 6.60. The Morgan fingerprint density at radius 3 is 2.50 bits per heavy atom. The van der Waals surface area contributed by atoms with Crippen LogP contribution in [0, 0.1) is 0 Å². The molecule has 0 radical (unpaired) electrons. The van der Waals surface area contributed by atoms with Crippen molar-refractivity contribution in [3.8, 4) is 11.3 Å². The zero-order valence-corrected chi connectivity index (χ0v) is 17.0. The maximum atomic E-state index is 5.87. The van der Waals surface area contributed by atoms with Crippen molar-refractivity contribution in [2.75, 3.05) is 20.1 Å². The number of hydrogen-bond donors (Lipinski definition) is 2. The van der Waals surface area contributed by atoms with Gasteiger partial charge in [-0.15, -0.1) is 24.8 Å². The quantitative estimate of drug-likeness (QED) is 0.553. The first-order chi connectivity index (χ1) is 9.70. The van der Waals surface area contributed by atoms with Crippen LogP contribution in [0.25, 0.3) is 11.3 Å². The molecule has 1 aromatic carbocycles. The third-order valence-electron chi connectivity index (χ3n) is 2.94. The Hall–Kier alpha value is -0.0400. The Bertz CT molecular complexity index is 564. The molecule has 0 aliphatic rings. The normalized spacial score (nSPS) is 9.95. The molecule has 0 amide bonds. The summed E-state index contributed by atoms with van der Waals surface area (Å²) in [6.45, 7) is 2.78. The van der Waals surface area contributed by atoms with Gasteiger partial charge in [0.2, 0.25) is 0 Å². The predicted octanol–water partition coefficient (Wildman–Crippen LogP) is 5.01. The van der Waals surface area contributed by atoms with Gasteiger partial charge in [0.05, 0.1) is 6.54 Å². The van der Waals surface area contributed by atoms with Crippen LogP contribution in [0.1, 0.15) is 12.2 Å². The van der Waals surface area contributed by atoms with Crippen molar-refractivity contribution in [1.29, 1.82) is 0 Å². The van der Waals surface area contributed by atoms with Gasteiger partial charge in [-0.1, -0.05) is 15.9 Å². The highest BCUT2D eigenvalue weighted by molar-refractivity contribution is 9.11. The molecular weight excluding hydrogens is 455 g/mol. The number of halogens is 4. The molecule has 0 fully saturated rings. The Balaban J connectivity index is 0.00000220. The molecule has 0 saturated heterocycles. The number of rotatable bonds is 7. The minimum Gasteiger partial charge on any atom is -0.460 e. The van der Waals surface area contributed by atoms with Crippen molar-refractivity contribution in [2.45, 2.75) is 13.0 Å². The SMILES string of the molecule is CNCCCNCc1ccc(-c2ccc(Br)cc2Br)o1.Cl.Cl. The number of hydrogen-bond acceptors (Lipinski definition) is 3. The highest BCUT2D eigenvalue weighted by Crippen LogP contribution is 2.31. The van der Waals surface area contributed by atoms with E-state index in [0.717, 1.165) is 52.1 Å². The van der Waals surface area contributed by atoms with Crippen LogP contribution < -0.4 is 10.6 Å². The van der Waals surface area contributed by atoms with Crippen molar-refractivity contribution in [3.63, 3.8) is 0 Å². The standard InChI is InChI=1S/C15H18Br2N2O.2ClH/c1-18-7-2-8-19-10-12-4-6-15(20-12)13-5-3-11(16)9-14(13)17;;/h3-6,9,18-19H,2,7-8,10H2,1H3;2*1H. The summed E-state index contributed by atoms with van der Waals surface area (Å²) in [5.74, 6) is 1.84. The summed E-state index contributed by atoms with van der Waals surface area (Å²) in [7, 11) is 1.97. The van der Waals surface area contributed by atoms with E-state index in [2.05, 4.69) is 42.5 Å². The first-order valence-electron chi connectivity index (χ1n) is 6.60. The first-order valence-corrected chi connectivity index (χ1v) is 8.19. The van der Waals surface area contributed by atoms with Gasteiger partial charge in [0.25, 0.3) is 0 Å². The maximum absolute atomic E-state index is 5.87. The minimum atomic E-state index is 0. The van der Waals surface area contributed by atoms with E-state index in [0.29, 0.717) is 0 Å². The largest absolute Gasteiger partial charge is 0.460 e. The molecule has 0 aliphatic heterocycles. The van der Waals surface area contributed by atoms with Crippen LogP contribution in [0.3, 0.4) is 0 Å². The first kappa shape index (κ1) is 22.0. The predicted molar refractivity (Wildman–Crippen MR) is 104 cm³/mol. The van der Waals surface area contributed by atoms with E-state index in [1.165, 1.54) is 0 Å². The Labute approximate surface area is 160 Å². The van der Waals surface area contributed by atoms with Crippen molar-refractivity contribution in [2.24, 2.45) is 0 Å². The summed E-state index contributed by atoms with van der Waals surface area (Å²) in [5, 5.41) is 6.50. The van der Waals surface area contributed by atoms with Gasteiger partial charge in [-0.2, -0.15) is 0 Å². The Kier molecular flexibility index (Phi) is 11.5. The molecule has 0 unspecified atom stereocenters. The highest BCUT2D eigenvalue weighted by Gasteiger charge is 2.08. The van der Waals surface area contributed by atoms with Crippen LogP contribution in [-0.4, -0.2) is 20.1 Å². The van der Waals surface area contributed by atoms with E-state index < -0.39 is 0 Å². The van der Waals surface area contributed by atoms with E-state index in [-0.39, 0.29) is 24.8 Å². The van der Waals surface area contributed by atoms with Crippen molar-refractivity contribution in [1.82, 2.24) is 10.6 Å². The fraction of sp³-hybridized carbons (Fsp3) is 0.333. The zero-order valence-electron chi connectivity index (χ0n) is 12.2. The second-order valence-corrected chi connectivity index (χ2v) is 6.29. The Morgan fingerprint density at radius 1 is 1.05 bits per heavy atom. The van der Waals surface area contributed by atoms with Gasteiger partial charge < -0.3 is 15.1 Å². The van der Waals surface area contributed by atoms with Crippen LogP contribution in [0.15, 0.2) is 43.7 Å². The lowest BCUT2D eigenvalue weighted by atomic mass is 10.2. The zero-order chi connectivity index (χ0) is 14.4. The summed E-state index contributed by atoms with van der Waals surface area (Å²) in [6, 6.07) is 10.1. The van der Waals surface area contributed by atoms with E-state index in [9.17, 15) is 0 Å². The fourth-order valence-corrected chi connectivity index (χ4v) is 3.15.